The SMILES string of the molecule is C#CCNC1CCc2cc(Cl)cc(Cl)c21. The van der Waals surface area contributed by atoms with Crippen LogP contribution in [0.25, 0.3) is 0 Å². The van der Waals surface area contributed by atoms with Crippen molar-refractivity contribution in [2.45, 2.75) is 18.9 Å². The summed E-state index contributed by atoms with van der Waals surface area (Å²) in [6.07, 6.45) is 7.27. The summed E-state index contributed by atoms with van der Waals surface area (Å²) < 4.78 is 0. The van der Waals surface area contributed by atoms with Crippen molar-refractivity contribution in [3.63, 3.8) is 0 Å². The minimum Gasteiger partial charge on any atom is -0.299 e. The van der Waals surface area contributed by atoms with Crippen molar-refractivity contribution in [2.75, 3.05) is 6.54 Å². The zero-order chi connectivity index (χ0) is 10.8. The van der Waals surface area contributed by atoms with Crippen LogP contribution >= 0.6 is 23.2 Å². The van der Waals surface area contributed by atoms with Crippen LogP contribution in [0.1, 0.15) is 23.6 Å². The molecule has 1 aliphatic carbocycles. The van der Waals surface area contributed by atoms with Crippen LogP contribution in [0.2, 0.25) is 10.0 Å². The average molecular weight is 240 g/mol. The van der Waals surface area contributed by atoms with Crippen LogP contribution in [-0.4, -0.2) is 6.54 Å². The Hall–Kier alpha value is -0.680. The van der Waals surface area contributed by atoms with Gasteiger partial charge in [0.15, 0.2) is 0 Å². The van der Waals surface area contributed by atoms with Gasteiger partial charge in [-0.3, -0.25) is 5.32 Å². The third-order valence-corrected chi connectivity index (χ3v) is 3.21. The summed E-state index contributed by atoms with van der Waals surface area (Å²) in [7, 11) is 0. The van der Waals surface area contributed by atoms with Crippen molar-refractivity contribution in [2.24, 2.45) is 0 Å². The number of nitrogens with one attached hydrogen (secondary N) is 1. The van der Waals surface area contributed by atoms with Gasteiger partial charge in [0.1, 0.15) is 0 Å². The first-order valence-electron chi connectivity index (χ1n) is 4.87. The lowest BCUT2D eigenvalue weighted by Gasteiger charge is -2.13. The second-order valence-electron chi connectivity index (χ2n) is 3.64. The highest BCUT2D eigenvalue weighted by molar-refractivity contribution is 6.35. The zero-order valence-corrected chi connectivity index (χ0v) is 9.70. The van der Waals surface area contributed by atoms with Crippen LogP contribution in [0.3, 0.4) is 0 Å². The Bertz CT molecular complexity index is 420. The van der Waals surface area contributed by atoms with E-state index in [2.05, 4.69) is 11.2 Å². The molecular weight excluding hydrogens is 229 g/mol. The Morgan fingerprint density at radius 1 is 1.47 bits per heavy atom. The van der Waals surface area contributed by atoms with E-state index >= 15 is 0 Å². The molecular formula is C12H11Cl2N. The second-order valence-corrected chi connectivity index (χ2v) is 4.48. The summed E-state index contributed by atoms with van der Waals surface area (Å²) >= 11 is 12.1. The highest BCUT2D eigenvalue weighted by Gasteiger charge is 2.24. The van der Waals surface area contributed by atoms with Crippen LogP contribution < -0.4 is 5.32 Å². The Kier molecular flexibility index (Phi) is 3.21. The first-order chi connectivity index (χ1) is 7.22. The summed E-state index contributed by atoms with van der Waals surface area (Å²) in [5, 5.41) is 4.73. The molecule has 0 saturated carbocycles. The lowest BCUT2D eigenvalue weighted by Crippen LogP contribution is -2.19. The molecule has 1 N–H and O–H groups in total. The number of aryl methyl sites for hydroxylation is 1. The molecule has 0 fully saturated rings. The molecule has 0 bridgehead atoms. The third-order valence-electron chi connectivity index (χ3n) is 2.68. The molecule has 0 saturated heterocycles. The molecule has 0 aliphatic heterocycles. The van der Waals surface area contributed by atoms with Gasteiger partial charge in [-0.15, -0.1) is 6.42 Å². The van der Waals surface area contributed by atoms with Crippen LogP contribution in [0.4, 0.5) is 0 Å². The number of hydrogen-bond donors (Lipinski definition) is 1. The van der Waals surface area contributed by atoms with Crippen LogP contribution in [-0.2, 0) is 6.42 Å². The maximum atomic E-state index is 6.17. The smallest absolute Gasteiger partial charge is 0.0578 e. The van der Waals surface area contributed by atoms with Gasteiger partial charge in [-0.05, 0) is 36.1 Å². The van der Waals surface area contributed by atoms with Gasteiger partial charge in [0.05, 0.1) is 6.54 Å². The molecule has 1 aromatic rings. The number of terminal acetylenes is 1. The van der Waals surface area contributed by atoms with Crippen LogP contribution in [0.15, 0.2) is 12.1 Å². The van der Waals surface area contributed by atoms with Gasteiger partial charge >= 0.3 is 0 Å². The Morgan fingerprint density at radius 3 is 3.00 bits per heavy atom. The number of halogens is 2. The molecule has 1 nitrogen and oxygen atoms in total. The van der Waals surface area contributed by atoms with Crippen molar-refractivity contribution in [3.8, 4) is 12.3 Å². The van der Waals surface area contributed by atoms with E-state index in [0.29, 0.717) is 11.6 Å². The van der Waals surface area contributed by atoms with Crippen molar-refractivity contribution < 1.29 is 0 Å². The first-order valence-corrected chi connectivity index (χ1v) is 5.62. The number of fused-ring (bicyclic) bond motifs is 1. The summed E-state index contributed by atoms with van der Waals surface area (Å²) in [6, 6.07) is 4.05. The van der Waals surface area contributed by atoms with Gasteiger partial charge < -0.3 is 0 Å². The van der Waals surface area contributed by atoms with E-state index < -0.39 is 0 Å². The molecule has 2 rings (SSSR count). The standard InChI is InChI=1S/C12H11Cl2N/c1-2-5-15-11-4-3-8-6-9(13)7-10(14)12(8)11/h1,6-7,11,15H,3-5H2. The fourth-order valence-corrected chi connectivity index (χ4v) is 2.73. The molecule has 0 heterocycles. The monoisotopic (exact) mass is 239 g/mol. The minimum atomic E-state index is 0.279. The maximum absolute atomic E-state index is 6.17. The van der Waals surface area contributed by atoms with E-state index in [9.17, 15) is 0 Å². The summed E-state index contributed by atoms with van der Waals surface area (Å²) in [5.74, 6) is 2.58. The normalized spacial score (nSPS) is 18.6. The highest BCUT2D eigenvalue weighted by atomic mass is 35.5. The van der Waals surface area contributed by atoms with E-state index in [1.807, 2.05) is 6.07 Å². The third kappa shape index (κ3) is 2.13. The lowest BCUT2D eigenvalue weighted by atomic mass is 10.1. The average Bonchev–Trinajstić information content (AvgIpc) is 2.58. The summed E-state index contributed by atoms with van der Waals surface area (Å²) in [5.41, 5.74) is 2.40. The van der Waals surface area contributed by atoms with Crippen molar-refractivity contribution >= 4 is 23.2 Å². The van der Waals surface area contributed by atoms with E-state index in [-0.39, 0.29) is 6.04 Å². The molecule has 1 atom stereocenters. The molecule has 15 heavy (non-hydrogen) atoms. The lowest BCUT2D eigenvalue weighted by molar-refractivity contribution is 0.568. The Labute approximate surface area is 99.8 Å². The Morgan fingerprint density at radius 2 is 2.27 bits per heavy atom. The van der Waals surface area contributed by atoms with Gasteiger partial charge in [0.25, 0.3) is 0 Å². The molecule has 3 heteroatoms. The van der Waals surface area contributed by atoms with E-state index in [0.717, 1.165) is 23.4 Å². The maximum Gasteiger partial charge on any atom is 0.0578 e. The number of rotatable bonds is 2. The molecule has 1 unspecified atom stereocenters. The number of hydrogen-bond acceptors (Lipinski definition) is 1. The number of benzene rings is 1. The largest absolute Gasteiger partial charge is 0.299 e. The zero-order valence-electron chi connectivity index (χ0n) is 8.19. The topological polar surface area (TPSA) is 12.0 Å². The van der Waals surface area contributed by atoms with Gasteiger partial charge in [-0.2, -0.15) is 0 Å². The summed E-state index contributed by atoms with van der Waals surface area (Å²) in [4.78, 5) is 0. The van der Waals surface area contributed by atoms with E-state index in [1.165, 1.54) is 5.56 Å². The summed E-state index contributed by atoms with van der Waals surface area (Å²) in [6.45, 7) is 0.572. The quantitative estimate of drug-likeness (QED) is 0.782. The van der Waals surface area contributed by atoms with Crippen LogP contribution in [0, 0.1) is 12.3 Å². The molecule has 0 radical (unpaired) electrons. The second kappa shape index (κ2) is 4.45. The fourth-order valence-electron chi connectivity index (χ4n) is 2.07. The van der Waals surface area contributed by atoms with Gasteiger partial charge in [0.2, 0.25) is 0 Å². The van der Waals surface area contributed by atoms with E-state index in [4.69, 9.17) is 29.6 Å². The molecule has 0 amide bonds. The molecule has 78 valence electrons. The van der Waals surface area contributed by atoms with E-state index in [1.54, 1.807) is 6.07 Å². The van der Waals surface area contributed by atoms with Gasteiger partial charge in [-0.25, -0.2) is 0 Å². The van der Waals surface area contributed by atoms with Gasteiger partial charge in [0, 0.05) is 16.1 Å². The molecule has 0 aromatic heterocycles. The molecule has 0 spiro atoms. The van der Waals surface area contributed by atoms with Crippen LogP contribution in [0.5, 0.6) is 0 Å². The highest BCUT2D eigenvalue weighted by Crippen LogP contribution is 2.38. The Balaban J connectivity index is 2.30. The first kappa shape index (κ1) is 10.8. The van der Waals surface area contributed by atoms with Crippen molar-refractivity contribution in [1.82, 2.24) is 5.32 Å². The van der Waals surface area contributed by atoms with Crippen molar-refractivity contribution in [1.29, 1.82) is 0 Å². The molecule has 1 aliphatic rings. The van der Waals surface area contributed by atoms with Gasteiger partial charge in [-0.1, -0.05) is 29.1 Å². The fraction of sp³-hybridized carbons (Fsp3) is 0.333. The minimum absolute atomic E-state index is 0.279. The molecule has 1 aromatic carbocycles. The van der Waals surface area contributed by atoms with Crippen molar-refractivity contribution in [3.05, 3.63) is 33.3 Å². The predicted octanol–water partition coefficient (Wildman–Crippen LogP) is 3.20. The predicted molar refractivity (Wildman–Crippen MR) is 64.4 cm³/mol.